The Balaban J connectivity index is 1.29. The third kappa shape index (κ3) is 5.24. The second-order valence-electron chi connectivity index (χ2n) is 10.3. The molecule has 0 unspecified atom stereocenters. The molecule has 0 spiro atoms. The van der Waals surface area contributed by atoms with Crippen LogP contribution < -0.4 is 25.2 Å². The van der Waals surface area contributed by atoms with E-state index in [1.165, 1.54) is 5.69 Å². The molecular weight excluding hydrogens is 478 g/mol. The molecule has 1 amide bonds. The van der Waals surface area contributed by atoms with Crippen molar-refractivity contribution in [2.24, 2.45) is 0 Å². The molecule has 0 aliphatic carbocycles. The number of nitrogens with zero attached hydrogens (tertiary/aromatic N) is 5. The fourth-order valence-corrected chi connectivity index (χ4v) is 4.93. The summed E-state index contributed by atoms with van der Waals surface area (Å²) in [6.07, 6.45) is 1.80. The highest BCUT2D eigenvalue weighted by Crippen LogP contribution is 2.40. The fourth-order valence-electron chi connectivity index (χ4n) is 4.93. The topological polar surface area (TPSA) is 85.9 Å². The first kappa shape index (κ1) is 25.8. The van der Waals surface area contributed by atoms with Crippen molar-refractivity contribution in [1.82, 2.24) is 14.9 Å². The van der Waals surface area contributed by atoms with Crippen molar-refractivity contribution in [3.8, 4) is 5.75 Å². The zero-order valence-electron chi connectivity index (χ0n) is 22.9. The minimum atomic E-state index is -0.885. The quantitative estimate of drug-likeness (QED) is 0.458. The largest absolute Gasteiger partial charge is 0.476 e. The minimum absolute atomic E-state index is 0.0522. The summed E-state index contributed by atoms with van der Waals surface area (Å²) in [5.41, 5.74) is 3.76. The molecule has 200 valence electrons. The smallest absolute Gasteiger partial charge is 0.270 e. The molecule has 2 aliphatic rings. The first-order valence-electron chi connectivity index (χ1n) is 13.4. The number of carbonyl (C=O) groups excluding carboxylic acids is 1. The van der Waals surface area contributed by atoms with Crippen molar-refractivity contribution in [2.75, 3.05) is 59.7 Å². The number of hydrogen-bond donors (Lipinski definition) is 2. The monoisotopic (exact) mass is 515 g/mol. The number of anilines is 6. The average molecular weight is 516 g/mol. The normalized spacial score (nSPS) is 17.1. The lowest BCUT2D eigenvalue weighted by Gasteiger charge is -2.38. The number of ether oxygens (including phenoxy) is 1. The number of rotatable bonds is 7. The van der Waals surface area contributed by atoms with Crippen LogP contribution in [0.4, 0.5) is 34.5 Å². The molecular formula is C29H37N7O2. The SMILES string of the molecule is CCN1CCN(c2ccc(Nc3ncc(C)c(Nc4ccc5c(c4)N(CC)C(=O)C(C)(C)O5)n3)cc2)CC1. The van der Waals surface area contributed by atoms with Gasteiger partial charge in [0, 0.05) is 61.5 Å². The number of aromatic nitrogens is 2. The summed E-state index contributed by atoms with van der Waals surface area (Å²) >= 11 is 0. The first-order chi connectivity index (χ1) is 18.3. The van der Waals surface area contributed by atoms with Crippen molar-refractivity contribution >= 4 is 40.4 Å². The molecule has 3 aromatic rings. The summed E-state index contributed by atoms with van der Waals surface area (Å²) in [5.74, 6) is 1.85. The summed E-state index contributed by atoms with van der Waals surface area (Å²) < 4.78 is 5.98. The van der Waals surface area contributed by atoms with Crippen LogP contribution in [0.25, 0.3) is 0 Å². The predicted molar refractivity (Wildman–Crippen MR) is 153 cm³/mol. The van der Waals surface area contributed by atoms with Crippen LogP contribution in [0.15, 0.2) is 48.7 Å². The van der Waals surface area contributed by atoms with Crippen LogP contribution in [-0.4, -0.2) is 65.6 Å². The van der Waals surface area contributed by atoms with Crippen LogP contribution in [0.1, 0.15) is 33.3 Å². The molecule has 1 aromatic heterocycles. The second kappa shape index (κ2) is 10.5. The summed E-state index contributed by atoms with van der Waals surface area (Å²) in [5, 5.41) is 6.72. The maximum absolute atomic E-state index is 12.9. The van der Waals surface area contributed by atoms with Crippen molar-refractivity contribution in [2.45, 2.75) is 40.2 Å². The van der Waals surface area contributed by atoms with Gasteiger partial charge in [-0.2, -0.15) is 4.98 Å². The van der Waals surface area contributed by atoms with E-state index in [-0.39, 0.29) is 5.91 Å². The van der Waals surface area contributed by atoms with E-state index in [2.05, 4.69) is 56.6 Å². The molecule has 9 heteroatoms. The van der Waals surface area contributed by atoms with Gasteiger partial charge in [0.1, 0.15) is 11.6 Å². The highest BCUT2D eigenvalue weighted by molar-refractivity contribution is 6.02. The van der Waals surface area contributed by atoms with Gasteiger partial charge in [-0.25, -0.2) is 4.98 Å². The van der Waals surface area contributed by atoms with Crippen LogP contribution in [0, 0.1) is 6.92 Å². The Labute approximate surface area is 224 Å². The Morgan fingerprint density at radius 3 is 2.34 bits per heavy atom. The van der Waals surface area contributed by atoms with Crippen LogP contribution in [0.2, 0.25) is 0 Å². The van der Waals surface area contributed by atoms with Crippen LogP contribution in [0.5, 0.6) is 5.75 Å². The number of amides is 1. The molecule has 1 fully saturated rings. The Morgan fingerprint density at radius 1 is 0.947 bits per heavy atom. The summed E-state index contributed by atoms with van der Waals surface area (Å²) in [4.78, 5) is 28.7. The lowest BCUT2D eigenvalue weighted by Crippen LogP contribution is -2.52. The highest BCUT2D eigenvalue weighted by atomic mass is 16.5. The Kier molecular flexibility index (Phi) is 7.12. The van der Waals surface area contributed by atoms with E-state index in [4.69, 9.17) is 9.72 Å². The van der Waals surface area contributed by atoms with Crippen LogP contribution >= 0.6 is 0 Å². The second-order valence-corrected chi connectivity index (χ2v) is 10.3. The molecule has 3 heterocycles. The number of nitrogens with one attached hydrogen (secondary N) is 2. The van der Waals surface area contributed by atoms with Gasteiger partial charge < -0.3 is 30.1 Å². The van der Waals surface area contributed by atoms with Gasteiger partial charge in [0.25, 0.3) is 5.91 Å². The standard InChI is InChI=1S/C29H37N7O2/c1-6-34-14-16-35(17-15-34)23-11-8-21(9-12-23)32-28-30-19-20(3)26(33-28)31-22-10-13-25-24(18-22)36(7-2)27(37)29(4,5)38-25/h8-13,18-19H,6-7,14-17H2,1-5H3,(H2,30,31,32,33). The number of fused-ring (bicyclic) bond motifs is 1. The maximum atomic E-state index is 12.9. The molecule has 0 saturated carbocycles. The third-order valence-electron chi connectivity index (χ3n) is 7.23. The minimum Gasteiger partial charge on any atom is -0.476 e. The van der Waals surface area contributed by atoms with E-state index in [1.54, 1.807) is 24.9 Å². The number of benzene rings is 2. The molecule has 2 N–H and O–H groups in total. The van der Waals surface area contributed by atoms with E-state index in [0.717, 1.165) is 55.3 Å². The highest BCUT2D eigenvalue weighted by Gasteiger charge is 2.40. The predicted octanol–water partition coefficient (Wildman–Crippen LogP) is 4.94. The zero-order valence-corrected chi connectivity index (χ0v) is 22.9. The molecule has 2 aliphatic heterocycles. The number of aryl methyl sites for hydroxylation is 1. The van der Waals surface area contributed by atoms with Gasteiger partial charge >= 0.3 is 0 Å². The van der Waals surface area contributed by atoms with Gasteiger partial charge in [-0.15, -0.1) is 0 Å². The van der Waals surface area contributed by atoms with E-state index >= 15 is 0 Å². The van der Waals surface area contributed by atoms with Crippen molar-refractivity contribution in [3.63, 3.8) is 0 Å². The molecule has 5 rings (SSSR count). The molecule has 1 saturated heterocycles. The van der Waals surface area contributed by atoms with Gasteiger partial charge in [0.05, 0.1) is 5.69 Å². The van der Waals surface area contributed by atoms with Crippen molar-refractivity contribution in [1.29, 1.82) is 0 Å². The molecule has 38 heavy (non-hydrogen) atoms. The maximum Gasteiger partial charge on any atom is 0.270 e. The average Bonchev–Trinajstić information content (AvgIpc) is 2.92. The number of piperazine rings is 1. The van der Waals surface area contributed by atoms with Gasteiger partial charge in [0.15, 0.2) is 5.60 Å². The van der Waals surface area contributed by atoms with Gasteiger partial charge in [-0.05, 0) is 76.7 Å². The lowest BCUT2D eigenvalue weighted by molar-refractivity contribution is -0.132. The van der Waals surface area contributed by atoms with E-state index < -0.39 is 5.60 Å². The van der Waals surface area contributed by atoms with Gasteiger partial charge in [-0.3, -0.25) is 4.79 Å². The molecule has 0 bridgehead atoms. The molecule has 0 atom stereocenters. The summed E-state index contributed by atoms with van der Waals surface area (Å²) in [6, 6.07) is 14.2. The van der Waals surface area contributed by atoms with E-state index in [9.17, 15) is 4.79 Å². The van der Waals surface area contributed by atoms with Gasteiger partial charge in [-0.1, -0.05) is 6.92 Å². The van der Waals surface area contributed by atoms with Crippen molar-refractivity contribution < 1.29 is 9.53 Å². The molecule has 0 radical (unpaired) electrons. The summed E-state index contributed by atoms with van der Waals surface area (Å²) in [7, 11) is 0. The van der Waals surface area contributed by atoms with Crippen molar-refractivity contribution in [3.05, 3.63) is 54.2 Å². The van der Waals surface area contributed by atoms with Crippen LogP contribution in [0.3, 0.4) is 0 Å². The Hall–Kier alpha value is -3.85. The summed E-state index contributed by atoms with van der Waals surface area (Å²) in [6.45, 7) is 15.7. The Bertz CT molecular complexity index is 1300. The zero-order chi connectivity index (χ0) is 26.9. The van der Waals surface area contributed by atoms with Gasteiger partial charge in [0.2, 0.25) is 5.95 Å². The first-order valence-corrected chi connectivity index (χ1v) is 13.4. The molecule has 9 nitrogen and oxygen atoms in total. The van der Waals surface area contributed by atoms with Crippen LogP contribution in [-0.2, 0) is 4.79 Å². The number of hydrogen-bond acceptors (Lipinski definition) is 8. The Morgan fingerprint density at radius 2 is 1.66 bits per heavy atom. The molecule has 2 aromatic carbocycles. The lowest BCUT2D eigenvalue weighted by atomic mass is 10.0. The van der Waals surface area contributed by atoms with E-state index in [1.807, 2.05) is 32.0 Å². The third-order valence-corrected chi connectivity index (χ3v) is 7.23. The van der Waals surface area contributed by atoms with E-state index in [0.29, 0.717) is 24.1 Å². The number of likely N-dealkylation sites (N-methyl/N-ethyl adjacent to an activating group) is 2. The number of carbonyl (C=O) groups is 1. The fraction of sp³-hybridized carbons (Fsp3) is 0.414.